The standard InChI is InChI=1S/C16H21F2N5O/c1-10-9-14(20-12-3-6-16(17,18)7-4-12)21-15(19-10)23-8-5-13(22-23)11(2)24/h5,8-9,11-12,24H,3-4,6-7H2,1-2H3,(H,19,20,21). The number of aryl methyl sites for hydroxylation is 1. The molecule has 8 heteroatoms. The second-order valence-corrected chi connectivity index (χ2v) is 6.33. The average molecular weight is 337 g/mol. The van der Waals surface area contributed by atoms with E-state index in [0.717, 1.165) is 5.69 Å². The van der Waals surface area contributed by atoms with Crippen LogP contribution in [0.5, 0.6) is 0 Å². The summed E-state index contributed by atoms with van der Waals surface area (Å²) in [6.07, 6.45) is 1.65. The predicted molar refractivity (Wildman–Crippen MR) is 85.4 cm³/mol. The van der Waals surface area contributed by atoms with E-state index in [1.807, 2.05) is 6.92 Å². The van der Waals surface area contributed by atoms with Crippen molar-refractivity contribution in [2.75, 3.05) is 5.32 Å². The van der Waals surface area contributed by atoms with Gasteiger partial charge >= 0.3 is 0 Å². The molecule has 2 aromatic heterocycles. The van der Waals surface area contributed by atoms with Gasteiger partial charge in [-0.3, -0.25) is 0 Å². The van der Waals surface area contributed by atoms with Crippen molar-refractivity contribution in [1.29, 1.82) is 0 Å². The van der Waals surface area contributed by atoms with Gasteiger partial charge in [-0.2, -0.15) is 10.1 Å². The van der Waals surface area contributed by atoms with Crippen molar-refractivity contribution in [2.24, 2.45) is 0 Å². The van der Waals surface area contributed by atoms with Crippen LogP contribution in [0, 0.1) is 6.92 Å². The minimum absolute atomic E-state index is 0.0163. The molecule has 3 rings (SSSR count). The first-order valence-corrected chi connectivity index (χ1v) is 8.06. The molecule has 1 saturated carbocycles. The molecule has 2 aromatic rings. The number of aliphatic hydroxyl groups excluding tert-OH is 1. The van der Waals surface area contributed by atoms with Crippen LogP contribution in [0.15, 0.2) is 18.3 Å². The normalized spacial score (nSPS) is 19.2. The summed E-state index contributed by atoms with van der Waals surface area (Å²) in [5, 5.41) is 17.0. The molecule has 0 aliphatic heterocycles. The van der Waals surface area contributed by atoms with Crippen molar-refractivity contribution in [3.05, 3.63) is 29.7 Å². The monoisotopic (exact) mass is 337 g/mol. The Morgan fingerprint density at radius 1 is 1.33 bits per heavy atom. The first kappa shape index (κ1) is 16.8. The van der Waals surface area contributed by atoms with E-state index in [9.17, 15) is 13.9 Å². The van der Waals surface area contributed by atoms with Crippen LogP contribution in [0.25, 0.3) is 5.95 Å². The number of alkyl halides is 2. The van der Waals surface area contributed by atoms with Gasteiger partial charge < -0.3 is 10.4 Å². The Balaban J connectivity index is 1.76. The van der Waals surface area contributed by atoms with E-state index in [1.54, 1.807) is 25.3 Å². The third-order valence-corrected chi connectivity index (χ3v) is 4.15. The van der Waals surface area contributed by atoms with Crippen molar-refractivity contribution >= 4 is 5.82 Å². The summed E-state index contributed by atoms with van der Waals surface area (Å²) >= 11 is 0. The van der Waals surface area contributed by atoms with Crippen LogP contribution >= 0.6 is 0 Å². The van der Waals surface area contributed by atoms with Gasteiger partial charge in [-0.05, 0) is 32.8 Å². The zero-order chi connectivity index (χ0) is 17.3. The molecule has 130 valence electrons. The SMILES string of the molecule is Cc1cc(NC2CCC(F)(F)CC2)nc(-n2ccc(C(C)O)n2)n1. The molecular formula is C16H21F2N5O. The minimum Gasteiger partial charge on any atom is -0.387 e. The molecule has 2 heterocycles. The zero-order valence-corrected chi connectivity index (χ0v) is 13.7. The molecule has 0 spiro atoms. The van der Waals surface area contributed by atoms with Crippen LogP contribution in [-0.2, 0) is 0 Å². The minimum atomic E-state index is -2.54. The van der Waals surface area contributed by atoms with Crippen LogP contribution in [0.1, 0.15) is 50.1 Å². The fraction of sp³-hybridized carbons (Fsp3) is 0.562. The zero-order valence-electron chi connectivity index (χ0n) is 13.7. The van der Waals surface area contributed by atoms with E-state index in [-0.39, 0.29) is 18.9 Å². The summed E-state index contributed by atoms with van der Waals surface area (Å²) in [6, 6.07) is 3.47. The number of aliphatic hydroxyl groups is 1. The van der Waals surface area contributed by atoms with E-state index in [2.05, 4.69) is 20.4 Å². The topological polar surface area (TPSA) is 75.9 Å². The number of nitrogens with zero attached hydrogens (tertiary/aromatic N) is 4. The molecule has 0 radical (unpaired) electrons. The molecule has 0 amide bonds. The Labute approximate surface area is 138 Å². The van der Waals surface area contributed by atoms with Gasteiger partial charge in [0.15, 0.2) is 0 Å². The van der Waals surface area contributed by atoms with Crippen molar-refractivity contribution < 1.29 is 13.9 Å². The molecule has 1 unspecified atom stereocenters. The number of halogens is 2. The Morgan fingerprint density at radius 3 is 2.67 bits per heavy atom. The highest BCUT2D eigenvalue weighted by Crippen LogP contribution is 2.34. The van der Waals surface area contributed by atoms with E-state index >= 15 is 0 Å². The second-order valence-electron chi connectivity index (χ2n) is 6.33. The fourth-order valence-electron chi connectivity index (χ4n) is 2.80. The lowest BCUT2D eigenvalue weighted by Crippen LogP contribution is -2.32. The molecular weight excluding hydrogens is 316 g/mol. The average Bonchev–Trinajstić information content (AvgIpc) is 2.99. The summed E-state index contributed by atoms with van der Waals surface area (Å²) in [5.41, 5.74) is 1.28. The van der Waals surface area contributed by atoms with Gasteiger partial charge in [0.2, 0.25) is 5.92 Å². The molecule has 0 saturated heterocycles. The number of nitrogens with one attached hydrogen (secondary N) is 1. The van der Waals surface area contributed by atoms with E-state index in [0.29, 0.717) is 30.3 Å². The Bertz CT molecular complexity index is 706. The quantitative estimate of drug-likeness (QED) is 0.897. The van der Waals surface area contributed by atoms with Crippen LogP contribution < -0.4 is 5.32 Å². The number of rotatable bonds is 4. The molecule has 0 aromatic carbocycles. The largest absolute Gasteiger partial charge is 0.387 e. The summed E-state index contributed by atoms with van der Waals surface area (Å²) < 4.78 is 28.0. The van der Waals surface area contributed by atoms with Gasteiger partial charge in [0, 0.05) is 36.8 Å². The third-order valence-electron chi connectivity index (χ3n) is 4.15. The van der Waals surface area contributed by atoms with Crippen LogP contribution in [0.2, 0.25) is 0 Å². The fourth-order valence-corrected chi connectivity index (χ4v) is 2.80. The predicted octanol–water partition coefficient (Wildman–Crippen LogP) is 3.01. The smallest absolute Gasteiger partial charge is 0.252 e. The Hall–Kier alpha value is -2.09. The summed E-state index contributed by atoms with van der Waals surface area (Å²) in [7, 11) is 0. The van der Waals surface area contributed by atoms with Crippen LogP contribution in [0.4, 0.5) is 14.6 Å². The molecule has 1 aliphatic carbocycles. The Morgan fingerprint density at radius 2 is 2.04 bits per heavy atom. The first-order chi connectivity index (χ1) is 11.3. The maximum Gasteiger partial charge on any atom is 0.252 e. The Kier molecular flexibility index (Phi) is 4.49. The molecule has 2 N–H and O–H groups in total. The second kappa shape index (κ2) is 6.43. The van der Waals surface area contributed by atoms with Crippen LogP contribution in [0.3, 0.4) is 0 Å². The van der Waals surface area contributed by atoms with Gasteiger partial charge in [-0.15, -0.1) is 0 Å². The summed E-state index contributed by atoms with van der Waals surface area (Å²) in [5.74, 6) is -1.57. The highest BCUT2D eigenvalue weighted by Gasteiger charge is 2.34. The molecule has 0 bridgehead atoms. The number of hydrogen-bond donors (Lipinski definition) is 2. The highest BCUT2D eigenvalue weighted by atomic mass is 19.3. The molecule has 1 fully saturated rings. The van der Waals surface area contributed by atoms with Gasteiger partial charge in [0.25, 0.3) is 5.95 Å². The van der Waals surface area contributed by atoms with E-state index in [1.165, 1.54) is 4.68 Å². The van der Waals surface area contributed by atoms with Gasteiger partial charge in [0.05, 0.1) is 11.8 Å². The van der Waals surface area contributed by atoms with E-state index < -0.39 is 12.0 Å². The third kappa shape index (κ3) is 3.87. The van der Waals surface area contributed by atoms with Crippen molar-refractivity contribution in [2.45, 2.75) is 57.6 Å². The molecule has 24 heavy (non-hydrogen) atoms. The van der Waals surface area contributed by atoms with Crippen molar-refractivity contribution in [3.8, 4) is 5.95 Å². The lowest BCUT2D eigenvalue weighted by molar-refractivity contribution is -0.0361. The maximum atomic E-state index is 13.2. The van der Waals surface area contributed by atoms with Gasteiger partial charge in [-0.1, -0.05) is 0 Å². The van der Waals surface area contributed by atoms with E-state index in [4.69, 9.17) is 0 Å². The molecule has 1 atom stereocenters. The number of anilines is 1. The lowest BCUT2D eigenvalue weighted by Gasteiger charge is -2.29. The summed E-state index contributed by atoms with van der Waals surface area (Å²) in [4.78, 5) is 8.76. The summed E-state index contributed by atoms with van der Waals surface area (Å²) in [6.45, 7) is 3.47. The van der Waals surface area contributed by atoms with Crippen molar-refractivity contribution in [3.63, 3.8) is 0 Å². The lowest BCUT2D eigenvalue weighted by atomic mass is 9.92. The van der Waals surface area contributed by atoms with Gasteiger partial charge in [-0.25, -0.2) is 18.4 Å². The maximum absolute atomic E-state index is 13.2. The van der Waals surface area contributed by atoms with Crippen LogP contribution in [-0.4, -0.2) is 36.8 Å². The highest BCUT2D eigenvalue weighted by molar-refractivity contribution is 5.39. The number of aromatic nitrogens is 4. The number of hydrogen-bond acceptors (Lipinski definition) is 5. The molecule has 1 aliphatic rings. The molecule has 6 nitrogen and oxygen atoms in total. The first-order valence-electron chi connectivity index (χ1n) is 8.06. The van der Waals surface area contributed by atoms with Crippen molar-refractivity contribution in [1.82, 2.24) is 19.7 Å². The van der Waals surface area contributed by atoms with Gasteiger partial charge in [0.1, 0.15) is 5.82 Å².